The molecule has 1 fully saturated rings. The largest absolute Gasteiger partial charge is 0.508 e. The molecular formula is C20H17ClN2O4S. The maximum atomic E-state index is 12.4. The van der Waals surface area contributed by atoms with Crippen LogP contribution in [0.2, 0.25) is 5.02 Å². The number of rotatable bonds is 6. The van der Waals surface area contributed by atoms with Crippen molar-refractivity contribution in [2.75, 3.05) is 13.1 Å². The number of hydrogen-bond acceptors (Lipinski definition) is 5. The average Bonchev–Trinajstić information content (AvgIpc) is 2.92. The third-order valence-corrected chi connectivity index (χ3v) is 5.17. The summed E-state index contributed by atoms with van der Waals surface area (Å²) in [7, 11) is 0. The monoisotopic (exact) mass is 416 g/mol. The van der Waals surface area contributed by atoms with Crippen LogP contribution in [0.1, 0.15) is 11.1 Å². The van der Waals surface area contributed by atoms with Gasteiger partial charge in [0.15, 0.2) is 0 Å². The van der Waals surface area contributed by atoms with Gasteiger partial charge in [0.1, 0.15) is 12.3 Å². The maximum absolute atomic E-state index is 12.4. The van der Waals surface area contributed by atoms with Gasteiger partial charge in [-0.25, -0.2) is 0 Å². The van der Waals surface area contributed by atoms with Crippen LogP contribution >= 0.6 is 23.4 Å². The first kappa shape index (κ1) is 20.0. The minimum absolute atomic E-state index is 0.179. The summed E-state index contributed by atoms with van der Waals surface area (Å²) in [5, 5.41) is 12.1. The number of imide groups is 1. The number of thioether (sulfide) groups is 1. The molecule has 1 saturated heterocycles. The van der Waals surface area contributed by atoms with E-state index >= 15 is 0 Å². The van der Waals surface area contributed by atoms with Crippen LogP contribution in [0.15, 0.2) is 53.4 Å². The fourth-order valence-corrected chi connectivity index (χ4v) is 3.52. The first-order valence-electron chi connectivity index (χ1n) is 8.48. The van der Waals surface area contributed by atoms with E-state index < -0.39 is 17.1 Å². The van der Waals surface area contributed by atoms with E-state index in [4.69, 9.17) is 11.6 Å². The van der Waals surface area contributed by atoms with Crippen molar-refractivity contribution < 1.29 is 19.5 Å². The van der Waals surface area contributed by atoms with E-state index in [0.717, 1.165) is 27.8 Å². The van der Waals surface area contributed by atoms with E-state index in [1.807, 2.05) is 0 Å². The predicted octanol–water partition coefficient (Wildman–Crippen LogP) is 3.44. The molecule has 0 unspecified atom stereocenters. The second-order valence-corrected chi connectivity index (χ2v) is 7.52. The summed E-state index contributed by atoms with van der Waals surface area (Å²) in [4.78, 5) is 37.8. The van der Waals surface area contributed by atoms with Crippen LogP contribution in [-0.2, 0) is 16.0 Å². The van der Waals surface area contributed by atoms with Crippen molar-refractivity contribution in [1.82, 2.24) is 10.2 Å². The zero-order valence-corrected chi connectivity index (χ0v) is 16.3. The molecule has 1 aliphatic heterocycles. The van der Waals surface area contributed by atoms with Crippen LogP contribution in [0.25, 0.3) is 6.08 Å². The second-order valence-electron chi connectivity index (χ2n) is 6.09. The Morgan fingerprint density at radius 3 is 2.46 bits per heavy atom. The van der Waals surface area contributed by atoms with Crippen LogP contribution in [0.5, 0.6) is 5.75 Å². The summed E-state index contributed by atoms with van der Waals surface area (Å²) in [5.74, 6) is -0.716. The van der Waals surface area contributed by atoms with Crippen LogP contribution < -0.4 is 5.32 Å². The lowest BCUT2D eigenvalue weighted by atomic mass is 10.1. The Bertz CT molecular complexity index is 926. The van der Waals surface area contributed by atoms with Gasteiger partial charge in [-0.3, -0.25) is 19.3 Å². The summed E-state index contributed by atoms with van der Waals surface area (Å²) >= 11 is 6.64. The smallest absolute Gasteiger partial charge is 0.294 e. The van der Waals surface area contributed by atoms with E-state index in [-0.39, 0.29) is 17.2 Å². The molecule has 1 aliphatic rings. The van der Waals surface area contributed by atoms with Crippen LogP contribution in [0.3, 0.4) is 0 Å². The molecular weight excluding hydrogens is 400 g/mol. The van der Waals surface area contributed by atoms with Crippen molar-refractivity contribution in [1.29, 1.82) is 0 Å². The lowest BCUT2D eigenvalue weighted by Crippen LogP contribution is -2.40. The number of halogens is 1. The molecule has 8 heteroatoms. The Hall–Kier alpha value is -2.77. The Morgan fingerprint density at radius 2 is 1.79 bits per heavy atom. The van der Waals surface area contributed by atoms with Crippen LogP contribution in [0, 0.1) is 0 Å². The van der Waals surface area contributed by atoms with Gasteiger partial charge in [-0.15, -0.1) is 0 Å². The van der Waals surface area contributed by atoms with Gasteiger partial charge in [0, 0.05) is 11.6 Å². The van der Waals surface area contributed by atoms with Gasteiger partial charge in [0.2, 0.25) is 5.91 Å². The molecule has 144 valence electrons. The highest BCUT2D eigenvalue weighted by Gasteiger charge is 2.36. The number of phenolic OH excluding ortho intramolecular Hbond substituents is 1. The van der Waals surface area contributed by atoms with E-state index in [2.05, 4.69) is 5.32 Å². The van der Waals surface area contributed by atoms with Gasteiger partial charge >= 0.3 is 0 Å². The van der Waals surface area contributed by atoms with E-state index in [0.29, 0.717) is 18.0 Å². The van der Waals surface area contributed by atoms with Gasteiger partial charge in [-0.05, 0) is 59.7 Å². The second kappa shape index (κ2) is 8.95. The zero-order valence-electron chi connectivity index (χ0n) is 14.7. The number of nitrogens with zero attached hydrogens (tertiary/aromatic N) is 1. The summed E-state index contributed by atoms with van der Waals surface area (Å²) in [6, 6.07) is 13.5. The first-order chi connectivity index (χ1) is 13.4. The highest BCUT2D eigenvalue weighted by molar-refractivity contribution is 8.18. The number of aromatic hydroxyl groups is 1. The Kier molecular flexibility index (Phi) is 6.38. The molecule has 2 aromatic carbocycles. The van der Waals surface area contributed by atoms with Crippen LogP contribution in [0.4, 0.5) is 4.79 Å². The molecule has 3 rings (SSSR count). The number of carbonyl (C=O) groups excluding carboxylic acids is 3. The summed E-state index contributed by atoms with van der Waals surface area (Å²) in [6.45, 7) is 0.0403. The van der Waals surface area contributed by atoms with Gasteiger partial charge in [-0.2, -0.15) is 0 Å². The topological polar surface area (TPSA) is 86.7 Å². The molecule has 0 spiro atoms. The molecule has 0 bridgehead atoms. The van der Waals surface area contributed by atoms with E-state index in [1.165, 1.54) is 0 Å². The fourth-order valence-electron chi connectivity index (χ4n) is 2.56. The van der Waals surface area contributed by atoms with Crippen molar-refractivity contribution in [3.63, 3.8) is 0 Å². The normalized spacial score (nSPS) is 15.3. The fraction of sp³-hybridized carbons (Fsp3) is 0.150. The molecule has 28 heavy (non-hydrogen) atoms. The summed E-state index contributed by atoms with van der Waals surface area (Å²) in [6.07, 6.45) is 2.17. The molecule has 0 saturated carbocycles. The SMILES string of the molecule is O=C(CN1C(=O)S/C(=C\c2ccc(Cl)cc2)C1=O)NCCc1ccc(O)cc1. The molecule has 6 nitrogen and oxygen atoms in total. The van der Waals surface area contributed by atoms with Crippen molar-refractivity contribution in [2.24, 2.45) is 0 Å². The minimum Gasteiger partial charge on any atom is -0.508 e. The van der Waals surface area contributed by atoms with Gasteiger partial charge in [0.05, 0.1) is 4.91 Å². The highest BCUT2D eigenvalue weighted by Crippen LogP contribution is 2.32. The first-order valence-corrected chi connectivity index (χ1v) is 9.67. The molecule has 0 aromatic heterocycles. The van der Waals surface area contributed by atoms with E-state index in [9.17, 15) is 19.5 Å². The molecule has 2 N–H and O–H groups in total. The zero-order chi connectivity index (χ0) is 20.1. The predicted molar refractivity (Wildman–Crippen MR) is 109 cm³/mol. The standard InChI is InChI=1S/C20H17ClN2O4S/c21-15-5-1-14(2-6-15)11-17-19(26)23(20(27)28-17)12-18(25)22-10-9-13-3-7-16(24)8-4-13/h1-8,11,24H,9-10,12H2,(H,22,25)/b17-11-. The number of benzene rings is 2. The van der Waals surface area contributed by atoms with Gasteiger partial charge in [0.25, 0.3) is 11.1 Å². The number of hydrogen-bond donors (Lipinski definition) is 2. The van der Waals surface area contributed by atoms with Gasteiger partial charge in [-0.1, -0.05) is 35.9 Å². The minimum atomic E-state index is -0.487. The number of amides is 3. The van der Waals surface area contributed by atoms with Crippen molar-refractivity contribution in [3.05, 3.63) is 69.6 Å². The lowest BCUT2D eigenvalue weighted by Gasteiger charge is -2.12. The lowest BCUT2D eigenvalue weighted by molar-refractivity contribution is -0.129. The Morgan fingerprint density at radius 1 is 1.11 bits per heavy atom. The molecule has 0 aliphatic carbocycles. The molecule has 1 heterocycles. The average molecular weight is 417 g/mol. The summed E-state index contributed by atoms with van der Waals surface area (Å²) < 4.78 is 0. The number of phenols is 1. The molecule has 2 aromatic rings. The Labute approximate surface area is 171 Å². The molecule has 0 atom stereocenters. The van der Waals surface area contributed by atoms with Crippen molar-refractivity contribution in [2.45, 2.75) is 6.42 Å². The summed E-state index contributed by atoms with van der Waals surface area (Å²) in [5.41, 5.74) is 1.70. The maximum Gasteiger partial charge on any atom is 0.294 e. The number of nitrogens with one attached hydrogen (secondary N) is 1. The van der Waals surface area contributed by atoms with Crippen molar-refractivity contribution >= 4 is 46.5 Å². The Balaban J connectivity index is 1.54. The van der Waals surface area contributed by atoms with E-state index in [1.54, 1.807) is 54.6 Å². The molecule has 3 amide bonds. The quantitative estimate of drug-likeness (QED) is 0.704. The van der Waals surface area contributed by atoms with Gasteiger partial charge < -0.3 is 10.4 Å². The third-order valence-electron chi connectivity index (χ3n) is 4.02. The number of carbonyl (C=O) groups is 3. The van der Waals surface area contributed by atoms with Crippen LogP contribution in [-0.4, -0.2) is 40.1 Å². The van der Waals surface area contributed by atoms with Crippen molar-refractivity contribution in [3.8, 4) is 5.75 Å². The third kappa shape index (κ3) is 5.15. The highest BCUT2D eigenvalue weighted by atomic mass is 35.5. The molecule has 0 radical (unpaired) electrons.